The zero-order valence-electron chi connectivity index (χ0n) is 8.28. The lowest BCUT2D eigenvalue weighted by molar-refractivity contribution is 0.828. The van der Waals surface area contributed by atoms with Crippen molar-refractivity contribution in [2.75, 3.05) is 0 Å². The van der Waals surface area contributed by atoms with Crippen molar-refractivity contribution in [1.29, 1.82) is 0 Å². The van der Waals surface area contributed by atoms with Gasteiger partial charge in [0.05, 0.1) is 0 Å². The Morgan fingerprint density at radius 1 is 0.538 bits per heavy atom. The number of rotatable bonds is 0. The molecule has 0 aromatic rings. The molecule has 0 saturated carbocycles. The van der Waals surface area contributed by atoms with Crippen molar-refractivity contribution < 1.29 is 0 Å². The van der Waals surface area contributed by atoms with E-state index in [1.54, 1.807) is 0 Å². The summed E-state index contributed by atoms with van der Waals surface area (Å²) >= 11 is 0. The van der Waals surface area contributed by atoms with Gasteiger partial charge in [-0.2, -0.15) is 0 Å². The highest BCUT2D eigenvalue weighted by molar-refractivity contribution is 5.07. The first kappa shape index (κ1) is 10.3. The molecule has 0 N–H and O–H groups in total. The Balaban J connectivity index is 2.28. The van der Waals surface area contributed by atoms with Crippen LogP contribution in [-0.2, 0) is 0 Å². The van der Waals surface area contributed by atoms with Gasteiger partial charge in [-0.25, -0.2) is 0 Å². The zero-order chi connectivity index (χ0) is 9.19. The van der Waals surface area contributed by atoms with Gasteiger partial charge in [-0.3, -0.25) is 0 Å². The summed E-state index contributed by atoms with van der Waals surface area (Å²) in [5.41, 5.74) is 0. The maximum Gasteiger partial charge on any atom is -0.0167 e. The molecular weight excluding hydrogens is 156 g/mol. The summed E-state index contributed by atoms with van der Waals surface area (Å²) in [5, 5.41) is 0. The van der Waals surface area contributed by atoms with Gasteiger partial charge in [0.2, 0.25) is 0 Å². The Morgan fingerprint density at radius 3 is 2.08 bits per heavy atom. The van der Waals surface area contributed by atoms with E-state index in [2.05, 4.69) is 42.9 Å². The number of hydrogen-bond acceptors (Lipinski definition) is 0. The second-order valence-electron chi connectivity index (χ2n) is 3.38. The summed E-state index contributed by atoms with van der Waals surface area (Å²) < 4.78 is 0. The van der Waals surface area contributed by atoms with Crippen LogP contribution in [-0.4, -0.2) is 0 Å². The van der Waals surface area contributed by atoms with Gasteiger partial charge in [-0.05, 0) is 44.9 Å². The second-order valence-corrected chi connectivity index (χ2v) is 3.38. The van der Waals surface area contributed by atoms with Crippen LogP contribution in [0, 0.1) is 6.42 Å². The highest BCUT2D eigenvalue weighted by atomic mass is 13.9. The molecule has 0 bridgehead atoms. The molecule has 0 spiro atoms. The highest BCUT2D eigenvalue weighted by Gasteiger charge is 1.85. The summed E-state index contributed by atoms with van der Waals surface area (Å²) in [4.78, 5) is 0. The van der Waals surface area contributed by atoms with Gasteiger partial charge in [0.1, 0.15) is 0 Å². The number of hydrogen-bond donors (Lipinski definition) is 0. The normalized spacial score (nSPS) is 27.7. The minimum atomic E-state index is 1.20. The highest BCUT2D eigenvalue weighted by Crippen LogP contribution is 2.04. The smallest absolute Gasteiger partial charge is 0.0167 e. The van der Waals surface area contributed by atoms with Crippen molar-refractivity contribution in [1.82, 2.24) is 0 Å². The van der Waals surface area contributed by atoms with Gasteiger partial charge in [0, 0.05) is 0 Å². The molecule has 0 aromatic carbocycles. The number of allylic oxidation sites excluding steroid dienone is 6. The molecule has 0 unspecified atom stereocenters. The Morgan fingerprint density at radius 2 is 1.23 bits per heavy atom. The lowest BCUT2D eigenvalue weighted by Gasteiger charge is -1.92. The van der Waals surface area contributed by atoms with Crippen molar-refractivity contribution in [3.63, 3.8) is 0 Å². The molecule has 0 heteroatoms. The quantitative estimate of drug-likeness (QED) is 0.484. The summed E-state index contributed by atoms with van der Waals surface area (Å²) in [6.45, 7) is 0. The maximum absolute atomic E-state index is 2.32. The molecule has 71 valence electrons. The second kappa shape index (κ2) is 7.85. The van der Waals surface area contributed by atoms with Crippen molar-refractivity contribution in [3.8, 4) is 0 Å². The van der Waals surface area contributed by atoms with Crippen LogP contribution >= 0.6 is 0 Å². The lowest BCUT2D eigenvalue weighted by atomic mass is 10.1. The summed E-state index contributed by atoms with van der Waals surface area (Å²) in [6.07, 6.45) is 23.0. The Hall–Kier alpha value is -0.780. The molecule has 0 amide bonds. The van der Waals surface area contributed by atoms with E-state index < -0.39 is 0 Å². The molecule has 1 radical (unpaired) electrons. The minimum absolute atomic E-state index is 1.20. The van der Waals surface area contributed by atoms with E-state index in [9.17, 15) is 0 Å². The first-order valence-electron chi connectivity index (χ1n) is 5.30. The first-order valence-corrected chi connectivity index (χ1v) is 5.30. The molecule has 0 nitrogen and oxygen atoms in total. The molecule has 0 atom stereocenters. The van der Waals surface area contributed by atoms with Crippen molar-refractivity contribution in [2.45, 2.75) is 38.5 Å². The van der Waals surface area contributed by atoms with Gasteiger partial charge in [0.25, 0.3) is 0 Å². The average molecular weight is 175 g/mol. The van der Waals surface area contributed by atoms with Crippen LogP contribution in [0.3, 0.4) is 0 Å². The molecule has 0 heterocycles. The van der Waals surface area contributed by atoms with Crippen LogP contribution in [0.5, 0.6) is 0 Å². The van der Waals surface area contributed by atoms with Gasteiger partial charge in [0.15, 0.2) is 0 Å². The molecule has 1 aliphatic rings. The van der Waals surface area contributed by atoms with Crippen LogP contribution in [0.2, 0.25) is 0 Å². The third-order valence-corrected chi connectivity index (χ3v) is 2.14. The van der Waals surface area contributed by atoms with E-state index in [1.807, 2.05) is 0 Å². The predicted molar refractivity (Wildman–Crippen MR) is 59.4 cm³/mol. The van der Waals surface area contributed by atoms with Gasteiger partial charge < -0.3 is 0 Å². The fourth-order valence-corrected chi connectivity index (χ4v) is 1.36. The van der Waals surface area contributed by atoms with Gasteiger partial charge >= 0.3 is 0 Å². The Labute approximate surface area is 82.0 Å². The zero-order valence-corrected chi connectivity index (χ0v) is 8.28. The van der Waals surface area contributed by atoms with E-state index in [-0.39, 0.29) is 0 Å². The van der Waals surface area contributed by atoms with Gasteiger partial charge in [-0.1, -0.05) is 36.5 Å². The first-order chi connectivity index (χ1) is 6.50. The molecule has 13 heavy (non-hydrogen) atoms. The van der Waals surface area contributed by atoms with Crippen molar-refractivity contribution in [2.24, 2.45) is 0 Å². The molecule has 0 aromatic heterocycles. The fourth-order valence-electron chi connectivity index (χ4n) is 1.36. The molecule has 0 fully saturated rings. The summed E-state index contributed by atoms with van der Waals surface area (Å²) in [7, 11) is 0. The SMILES string of the molecule is [CH]1/C=C/C=C/CCC/C=C\CCC1. The van der Waals surface area contributed by atoms with Crippen molar-refractivity contribution >= 4 is 0 Å². The van der Waals surface area contributed by atoms with E-state index in [4.69, 9.17) is 0 Å². The third-order valence-electron chi connectivity index (χ3n) is 2.14. The lowest BCUT2D eigenvalue weighted by Crippen LogP contribution is -1.73. The molecular formula is C13H19. The monoisotopic (exact) mass is 175 g/mol. The molecule has 1 rings (SSSR count). The molecule has 1 aliphatic carbocycles. The fraction of sp³-hybridized carbons (Fsp3) is 0.462. The van der Waals surface area contributed by atoms with Crippen LogP contribution in [0.1, 0.15) is 38.5 Å². The third kappa shape index (κ3) is 6.39. The Bertz CT molecular complexity index is 184. The maximum atomic E-state index is 2.32. The van der Waals surface area contributed by atoms with E-state index in [1.165, 1.54) is 38.5 Å². The Kier molecular flexibility index (Phi) is 6.22. The summed E-state index contributed by atoms with van der Waals surface area (Å²) in [5.74, 6) is 0. The standard InChI is InChI=1S/C13H19/c1-2-4-6-8-10-12-13-11-9-7-5-3-1/h1-5,12-13H,6-11H2/b2-1+,5-3+,13-12-. The van der Waals surface area contributed by atoms with Crippen LogP contribution in [0.4, 0.5) is 0 Å². The van der Waals surface area contributed by atoms with Crippen LogP contribution in [0.15, 0.2) is 36.5 Å². The average Bonchev–Trinajstić information content (AvgIpc) is 2.18. The molecule has 0 saturated heterocycles. The molecule has 0 aliphatic heterocycles. The van der Waals surface area contributed by atoms with Crippen LogP contribution < -0.4 is 0 Å². The largest absolute Gasteiger partial charge is 0.0885 e. The summed E-state index contributed by atoms with van der Waals surface area (Å²) in [6, 6.07) is 0. The van der Waals surface area contributed by atoms with E-state index in [0.29, 0.717) is 0 Å². The minimum Gasteiger partial charge on any atom is -0.0885 e. The predicted octanol–water partition coefficient (Wildman–Crippen LogP) is 4.21. The van der Waals surface area contributed by atoms with Crippen LogP contribution in [0.25, 0.3) is 0 Å². The van der Waals surface area contributed by atoms with Crippen molar-refractivity contribution in [3.05, 3.63) is 42.9 Å². The van der Waals surface area contributed by atoms with Gasteiger partial charge in [-0.15, -0.1) is 0 Å². The van der Waals surface area contributed by atoms with E-state index >= 15 is 0 Å². The van der Waals surface area contributed by atoms with E-state index in [0.717, 1.165) is 0 Å². The topological polar surface area (TPSA) is 0 Å².